The van der Waals surface area contributed by atoms with Gasteiger partial charge in [0.2, 0.25) is 6.79 Å². The number of nitrogens with zero attached hydrogens (tertiary/aromatic N) is 2. The van der Waals surface area contributed by atoms with Crippen LogP contribution in [0.3, 0.4) is 0 Å². The van der Waals surface area contributed by atoms with Crippen molar-refractivity contribution in [2.75, 3.05) is 12.1 Å². The van der Waals surface area contributed by atoms with Crippen LogP contribution in [0.4, 0.5) is 23.2 Å². The molecule has 0 radical (unpaired) electrons. The summed E-state index contributed by atoms with van der Waals surface area (Å²) >= 11 is 1.43. The molecule has 0 atom stereocenters. The minimum absolute atomic E-state index is 0.157. The van der Waals surface area contributed by atoms with Crippen LogP contribution in [-0.4, -0.2) is 16.7 Å². The van der Waals surface area contributed by atoms with Crippen LogP contribution in [0.2, 0.25) is 0 Å². The number of benzene rings is 3. The molecule has 5 nitrogen and oxygen atoms in total. The highest BCUT2D eigenvalue weighted by Gasteiger charge is 2.30. The summed E-state index contributed by atoms with van der Waals surface area (Å²) in [5.74, 6) is 0.969. The second-order valence-electron chi connectivity index (χ2n) is 8.77. The molecule has 0 saturated heterocycles. The van der Waals surface area contributed by atoms with Crippen LogP contribution in [-0.2, 0) is 25.8 Å². The minimum atomic E-state index is -4.42. The molecule has 10 heteroatoms. The molecule has 4 aromatic rings. The maximum Gasteiger partial charge on any atom is 0.416 e. The van der Waals surface area contributed by atoms with Gasteiger partial charge in [-0.3, -0.25) is 4.90 Å². The molecule has 0 amide bonds. The SMILES string of the molecule is C=C(Nc1ccc(F)cc1)c1csc(CN(Cc2cccc(C(F)(F)F)c2)Cc2ccc3c(c2)OCO3)n1. The fourth-order valence-electron chi connectivity index (χ4n) is 4.05. The van der Waals surface area contributed by atoms with Crippen molar-refractivity contribution in [3.63, 3.8) is 0 Å². The van der Waals surface area contributed by atoms with Gasteiger partial charge in [-0.15, -0.1) is 11.3 Å². The lowest BCUT2D eigenvalue weighted by Crippen LogP contribution is -2.22. The van der Waals surface area contributed by atoms with Gasteiger partial charge in [0.05, 0.1) is 23.5 Å². The third-order valence-electron chi connectivity index (χ3n) is 5.86. The lowest BCUT2D eigenvalue weighted by molar-refractivity contribution is -0.137. The zero-order chi connectivity index (χ0) is 26.7. The number of ether oxygens (including phenoxy) is 2. The Morgan fingerprint density at radius 2 is 1.68 bits per heavy atom. The summed E-state index contributed by atoms with van der Waals surface area (Å²) in [5, 5.41) is 5.74. The first kappa shape index (κ1) is 25.7. The van der Waals surface area contributed by atoms with Crippen LogP contribution in [0.1, 0.15) is 27.4 Å². The fraction of sp³-hybridized carbons (Fsp3) is 0.179. The molecule has 0 bridgehead atoms. The van der Waals surface area contributed by atoms with Gasteiger partial charge in [0, 0.05) is 24.2 Å². The first-order valence-corrected chi connectivity index (χ1v) is 12.5. The van der Waals surface area contributed by atoms with E-state index in [0.717, 1.165) is 16.6 Å². The zero-order valence-electron chi connectivity index (χ0n) is 20.1. The average Bonchev–Trinajstić information content (AvgIpc) is 3.54. The molecule has 0 fully saturated rings. The molecule has 1 N–H and O–H groups in total. The van der Waals surface area contributed by atoms with Crippen molar-refractivity contribution in [3.05, 3.63) is 112 Å². The van der Waals surface area contributed by atoms with Gasteiger partial charge in [-0.05, 0) is 53.6 Å². The van der Waals surface area contributed by atoms with Gasteiger partial charge in [-0.25, -0.2) is 9.37 Å². The van der Waals surface area contributed by atoms with E-state index in [-0.39, 0.29) is 19.2 Å². The van der Waals surface area contributed by atoms with E-state index in [1.165, 1.54) is 35.6 Å². The van der Waals surface area contributed by atoms with Crippen molar-refractivity contribution in [3.8, 4) is 11.5 Å². The van der Waals surface area contributed by atoms with Crippen LogP contribution in [0, 0.1) is 5.82 Å². The van der Waals surface area contributed by atoms with Gasteiger partial charge in [-0.1, -0.05) is 30.8 Å². The molecule has 1 aliphatic rings. The minimum Gasteiger partial charge on any atom is -0.454 e. The molecule has 5 rings (SSSR count). The van der Waals surface area contributed by atoms with Crippen molar-refractivity contribution in [1.29, 1.82) is 0 Å². The highest BCUT2D eigenvalue weighted by Crippen LogP contribution is 2.34. The smallest absolute Gasteiger partial charge is 0.416 e. The lowest BCUT2D eigenvalue weighted by atomic mass is 10.1. The summed E-state index contributed by atoms with van der Waals surface area (Å²) in [6, 6.07) is 16.9. The second-order valence-corrected chi connectivity index (χ2v) is 9.71. The molecule has 196 valence electrons. The molecule has 1 aliphatic heterocycles. The van der Waals surface area contributed by atoms with Gasteiger partial charge in [0.15, 0.2) is 11.5 Å². The van der Waals surface area contributed by atoms with Crippen molar-refractivity contribution >= 4 is 22.7 Å². The molecule has 0 aliphatic carbocycles. The van der Waals surface area contributed by atoms with E-state index in [1.54, 1.807) is 18.2 Å². The first-order valence-electron chi connectivity index (χ1n) is 11.7. The van der Waals surface area contributed by atoms with Gasteiger partial charge in [0.25, 0.3) is 0 Å². The summed E-state index contributed by atoms with van der Waals surface area (Å²) in [6.45, 7) is 5.32. The molecular weight excluding hydrogens is 518 g/mol. The van der Waals surface area contributed by atoms with Crippen LogP contribution >= 0.6 is 11.3 Å². The second kappa shape index (κ2) is 10.8. The monoisotopic (exact) mass is 541 g/mol. The van der Waals surface area contributed by atoms with Crippen molar-refractivity contribution in [2.45, 2.75) is 25.8 Å². The standard InChI is InChI=1S/C28H23F4N3O2S/c1-18(33-23-8-6-22(29)7-9-23)24-16-38-27(34-24)15-35(13-19-3-2-4-21(11-19)28(30,31)32)14-20-5-10-25-26(12-20)37-17-36-25/h2-12,16,33H,1,13-15,17H2. The van der Waals surface area contributed by atoms with Gasteiger partial charge >= 0.3 is 6.18 Å². The van der Waals surface area contributed by atoms with E-state index in [9.17, 15) is 17.6 Å². The Balaban J connectivity index is 1.34. The highest BCUT2D eigenvalue weighted by atomic mass is 32.1. The Kier molecular flexibility index (Phi) is 7.35. The summed E-state index contributed by atoms with van der Waals surface area (Å²) in [7, 11) is 0. The van der Waals surface area contributed by atoms with Crippen LogP contribution in [0.25, 0.3) is 5.70 Å². The number of thiazole rings is 1. The number of nitrogens with one attached hydrogen (secondary N) is 1. The maximum atomic E-state index is 13.3. The third-order valence-corrected chi connectivity index (χ3v) is 6.70. The lowest BCUT2D eigenvalue weighted by Gasteiger charge is -2.22. The Bertz CT molecular complexity index is 1440. The molecule has 38 heavy (non-hydrogen) atoms. The van der Waals surface area contributed by atoms with E-state index in [0.29, 0.717) is 47.2 Å². The van der Waals surface area contributed by atoms with Crippen molar-refractivity contribution < 1.29 is 27.0 Å². The first-order chi connectivity index (χ1) is 18.2. The molecule has 3 aromatic carbocycles. The van der Waals surface area contributed by atoms with Crippen molar-refractivity contribution in [1.82, 2.24) is 9.88 Å². The predicted octanol–water partition coefficient (Wildman–Crippen LogP) is 7.31. The van der Waals surface area contributed by atoms with Crippen molar-refractivity contribution in [2.24, 2.45) is 0 Å². The summed E-state index contributed by atoms with van der Waals surface area (Å²) in [5.41, 5.74) is 2.66. The van der Waals surface area contributed by atoms with Gasteiger partial charge in [0.1, 0.15) is 10.8 Å². The van der Waals surface area contributed by atoms with E-state index in [2.05, 4.69) is 16.9 Å². The molecule has 0 unspecified atom stereocenters. The number of rotatable bonds is 9. The van der Waals surface area contributed by atoms with E-state index in [1.807, 2.05) is 28.5 Å². The Morgan fingerprint density at radius 1 is 0.947 bits per heavy atom. The summed E-state index contributed by atoms with van der Waals surface area (Å²) in [4.78, 5) is 6.70. The van der Waals surface area contributed by atoms with E-state index >= 15 is 0 Å². The molecule has 1 aromatic heterocycles. The molecule has 0 saturated carbocycles. The largest absolute Gasteiger partial charge is 0.454 e. The van der Waals surface area contributed by atoms with Gasteiger partial charge < -0.3 is 14.8 Å². The number of halogens is 4. The molecule has 0 spiro atoms. The maximum absolute atomic E-state index is 13.3. The van der Waals surface area contributed by atoms with E-state index < -0.39 is 11.7 Å². The van der Waals surface area contributed by atoms with Crippen LogP contribution in [0.5, 0.6) is 11.5 Å². The third kappa shape index (κ3) is 6.32. The fourth-order valence-corrected chi connectivity index (χ4v) is 4.91. The number of hydrogen-bond acceptors (Lipinski definition) is 6. The normalized spacial score (nSPS) is 12.7. The highest BCUT2D eigenvalue weighted by molar-refractivity contribution is 7.09. The Labute approximate surface area is 221 Å². The van der Waals surface area contributed by atoms with E-state index in [4.69, 9.17) is 9.47 Å². The number of hydrogen-bond donors (Lipinski definition) is 1. The number of fused-ring (bicyclic) bond motifs is 1. The summed E-state index contributed by atoms with van der Waals surface area (Å²) < 4.78 is 64.0. The number of alkyl halides is 3. The Morgan fingerprint density at radius 3 is 2.45 bits per heavy atom. The zero-order valence-corrected chi connectivity index (χ0v) is 20.9. The van der Waals surface area contributed by atoms with Crippen LogP contribution in [0.15, 0.2) is 78.7 Å². The van der Waals surface area contributed by atoms with Crippen LogP contribution < -0.4 is 14.8 Å². The number of aromatic nitrogens is 1. The topological polar surface area (TPSA) is 46.6 Å². The summed E-state index contributed by atoms with van der Waals surface area (Å²) in [6.07, 6.45) is -4.42. The quantitative estimate of drug-likeness (QED) is 0.225. The predicted molar refractivity (Wildman–Crippen MR) is 138 cm³/mol. The Hall–Kier alpha value is -3.89. The molecular formula is C28H23F4N3O2S. The average molecular weight is 542 g/mol. The van der Waals surface area contributed by atoms with Gasteiger partial charge in [-0.2, -0.15) is 13.2 Å². The number of anilines is 1. The molecule has 2 heterocycles.